The number of hydrogen-bond acceptors (Lipinski definition) is 3. The van der Waals surface area contributed by atoms with Crippen LogP contribution in [-0.4, -0.2) is 37.8 Å². The molecular formula is C20H26FN3O2. The van der Waals surface area contributed by atoms with Gasteiger partial charge in [-0.3, -0.25) is 4.99 Å². The highest BCUT2D eigenvalue weighted by molar-refractivity contribution is 5.79. The molecule has 0 aliphatic heterocycles. The molecule has 1 unspecified atom stereocenters. The Kier molecular flexibility index (Phi) is 7.89. The first kappa shape index (κ1) is 19.7. The summed E-state index contributed by atoms with van der Waals surface area (Å²) in [6.07, 6.45) is 0.0691. The molecule has 0 aromatic heterocycles. The van der Waals surface area contributed by atoms with Gasteiger partial charge in [0.15, 0.2) is 5.96 Å². The quantitative estimate of drug-likeness (QED) is 0.501. The van der Waals surface area contributed by atoms with Crippen LogP contribution in [0.5, 0.6) is 5.75 Å². The monoisotopic (exact) mass is 359 g/mol. The van der Waals surface area contributed by atoms with Crippen molar-refractivity contribution in [2.24, 2.45) is 4.99 Å². The lowest BCUT2D eigenvalue weighted by atomic mass is 10.1. The largest absolute Gasteiger partial charge is 0.497 e. The van der Waals surface area contributed by atoms with E-state index in [2.05, 4.69) is 15.6 Å². The number of halogens is 1. The predicted molar refractivity (Wildman–Crippen MR) is 102 cm³/mol. The van der Waals surface area contributed by atoms with E-state index in [0.29, 0.717) is 12.5 Å². The van der Waals surface area contributed by atoms with Crippen LogP contribution in [0.4, 0.5) is 4.39 Å². The number of nitrogens with zero attached hydrogens (tertiary/aromatic N) is 1. The summed E-state index contributed by atoms with van der Waals surface area (Å²) in [5, 5.41) is 16.7. The van der Waals surface area contributed by atoms with E-state index >= 15 is 0 Å². The number of methoxy groups -OCH3 is 1. The van der Waals surface area contributed by atoms with Crippen molar-refractivity contribution in [2.75, 3.05) is 26.7 Å². The lowest BCUT2D eigenvalue weighted by Gasteiger charge is -2.13. The standard InChI is InChI=1S/C20H26FN3O2/c1-3-22-20(23-13-12-15-4-8-17(21)9-5-15)24-14-19(25)16-6-10-18(26-2)11-7-16/h4-11,19,25H,3,12-14H2,1-2H3,(H2,22,23,24). The second kappa shape index (κ2) is 10.4. The minimum atomic E-state index is -0.687. The number of aliphatic imine (C=N–C) groups is 1. The third-order valence-electron chi connectivity index (χ3n) is 3.89. The molecule has 0 spiro atoms. The van der Waals surface area contributed by atoms with Gasteiger partial charge in [0.2, 0.25) is 0 Å². The second-order valence-electron chi connectivity index (χ2n) is 5.81. The molecule has 0 aliphatic carbocycles. The van der Waals surface area contributed by atoms with Gasteiger partial charge in [-0.15, -0.1) is 0 Å². The van der Waals surface area contributed by atoms with Gasteiger partial charge in [0, 0.05) is 13.1 Å². The summed E-state index contributed by atoms with van der Waals surface area (Å²) in [6, 6.07) is 13.7. The Morgan fingerprint density at radius 3 is 2.42 bits per heavy atom. The number of guanidine groups is 1. The number of aliphatic hydroxyl groups excluding tert-OH is 1. The molecule has 2 aromatic rings. The summed E-state index contributed by atoms with van der Waals surface area (Å²) in [6.45, 7) is 3.62. The fourth-order valence-corrected chi connectivity index (χ4v) is 2.43. The summed E-state index contributed by atoms with van der Waals surface area (Å²) in [4.78, 5) is 4.43. The summed E-state index contributed by atoms with van der Waals surface area (Å²) < 4.78 is 18.0. The van der Waals surface area contributed by atoms with Crippen LogP contribution in [0.3, 0.4) is 0 Å². The van der Waals surface area contributed by atoms with Crippen LogP contribution < -0.4 is 15.4 Å². The van der Waals surface area contributed by atoms with Crippen molar-refractivity contribution in [1.82, 2.24) is 10.6 Å². The Balaban J connectivity index is 1.87. The first-order valence-electron chi connectivity index (χ1n) is 8.71. The lowest BCUT2D eigenvalue weighted by molar-refractivity contribution is 0.187. The molecule has 0 saturated heterocycles. The van der Waals surface area contributed by atoms with E-state index in [1.54, 1.807) is 19.2 Å². The van der Waals surface area contributed by atoms with E-state index in [0.717, 1.165) is 29.8 Å². The van der Waals surface area contributed by atoms with Gasteiger partial charge < -0.3 is 20.5 Å². The van der Waals surface area contributed by atoms with Crippen molar-refractivity contribution in [3.63, 3.8) is 0 Å². The first-order chi connectivity index (χ1) is 12.6. The highest BCUT2D eigenvalue weighted by Crippen LogP contribution is 2.17. The molecular weight excluding hydrogens is 333 g/mol. The Hall–Kier alpha value is -2.60. The van der Waals surface area contributed by atoms with E-state index in [9.17, 15) is 9.50 Å². The summed E-state index contributed by atoms with van der Waals surface area (Å²) >= 11 is 0. The van der Waals surface area contributed by atoms with Crippen LogP contribution in [0.25, 0.3) is 0 Å². The van der Waals surface area contributed by atoms with Crippen molar-refractivity contribution in [1.29, 1.82) is 0 Å². The number of benzene rings is 2. The first-order valence-corrected chi connectivity index (χ1v) is 8.71. The maximum Gasteiger partial charge on any atom is 0.191 e. The molecule has 0 saturated carbocycles. The number of hydrogen-bond donors (Lipinski definition) is 3. The van der Waals surface area contributed by atoms with E-state index in [-0.39, 0.29) is 12.4 Å². The zero-order valence-corrected chi connectivity index (χ0v) is 15.2. The Bertz CT molecular complexity index is 687. The van der Waals surface area contributed by atoms with Gasteiger partial charge in [-0.2, -0.15) is 0 Å². The molecule has 0 aliphatic rings. The highest BCUT2D eigenvalue weighted by Gasteiger charge is 2.08. The van der Waals surface area contributed by atoms with Crippen molar-refractivity contribution in [2.45, 2.75) is 19.4 Å². The Morgan fingerprint density at radius 2 is 1.81 bits per heavy atom. The van der Waals surface area contributed by atoms with E-state index < -0.39 is 6.10 Å². The summed E-state index contributed by atoms with van der Waals surface area (Å²) in [5.41, 5.74) is 1.84. The van der Waals surface area contributed by atoms with Crippen LogP contribution in [0.2, 0.25) is 0 Å². The lowest BCUT2D eigenvalue weighted by Crippen LogP contribution is -2.38. The molecule has 0 radical (unpaired) electrons. The van der Waals surface area contributed by atoms with E-state index in [1.807, 2.05) is 31.2 Å². The van der Waals surface area contributed by atoms with Crippen LogP contribution >= 0.6 is 0 Å². The van der Waals surface area contributed by atoms with E-state index in [4.69, 9.17) is 4.74 Å². The van der Waals surface area contributed by atoms with Gasteiger partial charge in [0.05, 0.1) is 19.8 Å². The van der Waals surface area contributed by atoms with Gasteiger partial charge in [0.1, 0.15) is 11.6 Å². The molecule has 5 nitrogen and oxygen atoms in total. The summed E-state index contributed by atoms with van der Waals surface area (Å²) in [5.74, 6) is 1.16. The SMILES string of the molecule is CCNC(=NCC(O)c1ccc(OC)cc1)NCCc1ccc(F)cc1. The van der Waals surface area contributed by atoms with Crippen molar-refractivity contribution < 1.29 is 14.2 Å². The van der Waals surface area contributed by atoms with Crippen LogP contribution in [0.1, 0.15) is 24.2 Å². The van der Waals surface area contributed by atoms with Crippen molar-refractivity contribution in [3.05, 3.63) is 65.5 Å². The van der Waals surface area contributed by atoms with Crippen LogP contribution in [0, 0.1) is 5.82 Å². The molecule has 0 heterocycles. The van der Waals surface area contributed by atoms with Gasteiger partial charge in [-0.1, -0.05) is 24.3 Å². The number of ether oxygens (including phenoxy) is 1. The number of aliphatic hydroxyl groups is 1. The predicted octanol–water partition coefficient (Wildman–Crippen LogP) is 2.67. The topological polar surface area (TPSA) is 65.9 Å². The van der Waals surface area contributed by atoms with Gasteiger partial charge in [-0.25, -0.2) is 4.39 Å². The molecule has 2 rings (SSSR count). The molecule has 6 heteroatoms. The molecule has 3 N–H and O–H groups in total. The van der Waals surface area contributed by atoms with Crippen molar-refractivity contribution >= 4 is 5.96 Å². The van der Waals surface area contributed by atoms with Crippen LogP contribution in [-0.2, 0) is 6.42 Å². The number of nitrogens with one attached hydrogen (secondary N) is 2. The third kappa shape index (κ3) is 6.37. The Morgan fingerprint density at radius 1 is 1.12 bits per heavy atom. The van der Waals surface area contributed by atoms with Crippen molar-refractivity contribution in [3.8, 4) is 5.75 Å². The fraction of sp³-hybridized carbons (Fsp3) is 0.350. The molecule has 0 fully saturated rings. The van der Waals surface area contributed by atoms with Crippen LogP contribution in [0.15, 0.2) is 53.5 Å². The highest BCUT2D eigenvalue weighted by atomic mass is 19.1. The van der Waals surface area contributed by atoms with Gasteiger partial charge >= 0.3 is 0 Å². The molecule has 0 amide bonds. The maximum absolute atomic E-state index is 12.9. The average Bonchev–Trinajstić information content (AvgIpc) is 2.67. The maximum atomic E-state index is 12.9. The molecule has 2 aromatic carbocycles. The zero-order chi connectivity index (χ0) is 18.8. The summed E-state index contributed by atoms with van der Waals surface area (Å²) in [7, 11) is 1.61. The smallest absolute Gasteiger partial charge is 0.191 e. The van der Waals surface area contributed by atoms with Gasteiger partial charge in [0.25, 0.3) is 0 Å². The van der Waals surface area contributed by atoms with Gasteiger partial charge in [-0.05, 0) is 48.7 Å². The number of rotatable bonds is 8. The fourth-order valence-electron chi connectivity index (χ4n) is 2.43. The molecule has 140 valence electrons. The third-order valence-corrected chi connectivity index (χ3v) is 3.89. The minimum Gasteiger partial charge on any atom is -0.497 e. The second-order valence-corrected chi connectivity index (χ2v) is 5.81. The normalized spacial score (nSPS) is 12.5. The zero-order valence-electron chi connectivity index (χ0n) is 15.2. The molecule has 1 atom stereocenters. The minimum absolute atomic E-state index is 0.232. The average molecular weight is 359 g/mol. The Labute approximate surface area is 153 Å². The molecule has 26 heavy (non-hydrogen) atoms. The molecule has 0 bridgehead atoms. The van der Waals surface area contributed by atoms with E-state index in [1.165, 1.54) is 12.1 Å².